The number of hydrogen-bond acceptors (Lipinski definition) is 3. The Hall–Kier alpha value is -2.40. The molecule has 5 nitrogen and oxygen atoms in total. The Morgan fingerprint density at radius 3 is 2.62 bits per heavy atom. The van der Waals surface area contributed by atoms with Crippen LogP contribution in [0.15, 0.2) is 42.5 Å². The summed E-state index contributed by atoms with van der Waals surface area (Å²) in [7, 11) is 0. The highest BCUT2D eigenvalue weighted by Gasteiger charge is 2.27. The molecule has 0 saturated carbocycles. The number of amides is 2. The zero-order valence-corrected chi connectivity index (χ0v) is 15.4. The Balaban J connectivity index is 1.62. The van der Waals surface area contributed by atoms with Crippen LogP contribution in [0.2, 0.25) is 0 Å². The number of carbonyl (C=O) groups excluding carboxylic acids is 2. The van der Waals surface area contributed by atoms with E-state index in [0.29, 0.717) is 0 Å². The number of nitrogens with one attached hydrogen (secondary N) is 3. The van der Waals surface area contributed by atoms with Crippen molar-refractivity contribution in [3.8, 4) is 0 Å². The first-order valence-electron chi connectivity index (χ1n) is 9.31. The lowest BCUT2D eigenvalue weighted by Crippen LogP contribution is -2.52. The van der Waals surface area contributed by atoms with E-state index in [1.165, 1.54) is 0 Å². The summed E-state index contributed by atoms with van der Waals surface area (Å²) in [6.45, 7) is 5.62. The molecule has 26 heavy (non-hydrogen) atoms. The highest BCUT2D eigenvalue weighted by Crippen LogP contribution is 2.16. The van der Waals surface area contributed by atoms with Crippen LogP contribution >= 0.6 is 0 Å². The lowest BCUT2D eigenvalue weighted by molar-refractivity contribution is -0.130. The molecule has 0 bridgehead atoms. The third kappa shape index (κ3) is 4.61. The van der Waals surface area contributed by atoms with Gasteiger partial charge in [-0.15, -0.1) is 0 Å². The smallest absolute Gasteiger partial charge is 0.243 e. The summed E-state index contributed by atoms with van der Waals surface area (Å²) in [6.07, 6.45) is 1.20. The summed E-state index contributed by atoms with van der Waals surface area (Å²) < 4.78 is 0. The molecule has 138 valence electrons. The number of benzene rings is 2. The van der Waals surface area contributed by atoms with Crippen LogP contribution in [0.25, 0.3) is 10.8 Å². The molecule has 2 aromatic carbocycles. The summed E-state index contributed by atoms with van der Waals surface area (Å²) in [5.74, 6) is -0.191. The Morgan fingerprint density at radius 1 is 1.15 bits per heavy atom. The molecule has 2 amide bonds. The number of carbonyl (C=O) groups is 2. The zero-order chi connectivity index (χ0) is 18.5. The van der Waals surface area contributed by atoms with Gasteiger partial charge < -0.3 is 16.0 Å². The van der Waals surface area contributed by atoms with Gasteiger partial charge in [-0.25, -0.2) is 0 Å². The second kappa shape index (κ2) is 8.32. The molecule has 1 saturated heterocycles. The molecule has 0 spiro atoms. The molecule has 0 radical (unpaired) electrons. The molecule has 2 aromatic rings. The standard InChI is InChI=1S/C21H27N3O2/c1-14(2)20(21(26)23-18-9-10-22-13-18)24-19(25)12-15-7-8-16-5-3-4-6-17(16)11-15/h3-8,11,14,18,20,22H,9-10,12-13H2,1-2H3,(H,23,26)(H,24,25). The quantitative estimate of drug-likeness (QED) is 0.744. The minimum atomic E-state index is -0.511. The van der Waals surface area contributed by atoms with Crippen molar-refractivity contribution in [1.82, 2.24) is 16.0 Å². The van der Waals surface area contributed by atoms with Crippen molar-refractivity contribution in [3.63, 3.8) is 0 Å². The van der Waals surface area contributed by atoms with Gasteiger partial charge in [-0.05, 0) is 35.2 Å². The maximum Gasteiger partial charge on any atom is 0.243 e. The van der Waals surface area contributed by atoms with Gasteiger partial charge in [0.05, 0.1) is 6.42 Å². The molecule has 3 N–H and O–H groups in total. The summed E-state index contributed by atoms with van der Waals surface area (Å²) in [5, 5.41) is 11.5. The van der Waals surface area contributed by atoms with E-state index < -0.39 is 6.04 Å². The average molecular weight is 353 g/mol. The molecule has 2 unspecified atom stereocenters. The summed E-state index contributed by atoms with van der Waals surface area (Å²) in [5.41, 5.74) is 0.948. The van der Waals surface area contributed by atoms with Gasteiger partial charge in [-0.3, -0.25) is 9.59 Å². The van der Waals surface area contributed by atoms with Crippen molar-refractivity contribution in [1.29, 1.82) is 0 Å². The Kier molecular flexibility index (Phi) is 5.89. The van der Waals surface area contributed by atoms with Gasteiger partial charge in [0.2, 0.25) is 11.8 Å². The van der Waals surface area contributed by atoms with E-state index in [0.717, 1.165) is 35.8 Å². The van der Waals surface area contributed by atoms with Gasteiger partial charge in [0.25, 0.3) is 0 Å². The first-order valence-corrected chi connectivity index (χ1v) is 9.31. The van der Waals surface area contributed by atoms with Crippen LogP contribution in [-0.2, 0) is 16.0 Å². The maximum absolute atomic E-state index is 12.5. The van der Waals surface area contributed by atoms with Gasteiger partial charge in [0.1, 0.15) is 6.04 Å². The van der Waals surface area contributed by atoms with Crippen molar-refractivity contribution >= 4 is 22.6 Å². The van der Waals surface area contributed by atoms with E-state index in [4.69, 9.17) is 0 Å². The first-order chi connectivity index (χ1) is 12.5. The van der Waals surface area contributed by atoms with Crippen LogP contribution < -0.4 is 16.0 Å². The minimum absolute atomic E-state index is 0.0323. The van der Waals surface area contributed by atoms with E-state index in [-0.39, 0.29) is 30.2 Å². The van der Waals surface area contributed by atoms with Crippen molar-refractivity contribution < 1.29 is 9.59 Å². The Morgan fingerprint density at radius 2 is 1.92 bits per heavy atom. The molecule has 1 heterocycles. The number of fused-ring (bicyclic) bond motifs is 1. The van der Waals surface area contributed by atoms with E-state index >= 15 is 0 Å². The van der Waals surface area contributed by atoms with Gasteiger partial charge >= 0.3 is 0 Å². The van der Waals surface area contributed by atoms with E-state index in [9.17, 15) is 9.59 Å². The molecule has 1 aliphatic heterocycles. The maximum atomic E-state index is 12.5. The summed E-state index contributed by atoms with van der Waals surface area (Å²) in [4.78, 5) is 25.1. The minimum Gasteiger partial charge on any atom is -0.350 e. The Bertz CT molecular complexity index is 782. The van der Waals surface area contributed by atoms with E-state index in [1.807, 2.05) is 50.2 Å². The highest BCUT2D eigenvalue weighted by molar-refractivity contribution is 5.89. The third-order valence-corrected chi connectivity index (χ3v) is 4.85. The SMILES string of the molecule is CC(C)C(NC(=O)Cc1ccc2ccccc2c1)C(=O)NC1CCNC1. The van der Waals surface area contributed by atoms with Crippen LogP contribution in [0.5, 0.6) is 0 Å². The molecule has 0 aliphatic carbocycles. The van der Waals surface area contributed by atoms with Crippen LogP contribution in [0.4, 0.5) is 0 Å². The molecule has 0 aromatic heterocycles. The molecule has 1 aliphatic rings. The number of hydrogen-bond donors (Lipinski definition) is 3. The predicted octanol–water partition coefficient (Wildman–Crippen LogP) is 2.00. The Labute approximate surface area is 154 Å². The lowest BCUT2D eigenvalue weighted by atomic mass is 10.0. The van der Waals surface area contributed by atoms with Gasteiger partial charge in [-0.1, -0.05) is 56.3 Å². The average Bonchev–Trinajstić information content (AvgIpc) is 3.12. The van der Waals surface area contributed by atoms with Crippen molar-refractivity contribution in [2.75, 3.05) is 13.1 Å². The second-order valence-electron chi connectivity index (χ2n) is 7.35. The van der Waals surface area contributed by atoms with Crippen molar-refractivity contribution in [2.24, 2.45) is 5.92 Å². The molecule has 1 fully saturated rings. The van der Waals surface area contributed by atoms with Gasteiger partial charge in [-0.2, -0.15) is 0 Å². The molecule has 2 atom stereocenters. The largest absolute Gasteiger partial charge is 0.350 e. The molecule has 5 heteroatoms. The fraction of sp³-hybridized carbons (Fsp3) is 0.429. The lowest BCUT2D eigenvalue weighted by Gasteiger charge is -2.23. The van der Waals surface area contributed by atoms with Crippen molar-refractivity contribution in [2.45, 2.75) is 38.8 Å². The van der Waals surface area contributed by atoms with E-state index in [1.54, 1.807) is 0 Å². The number of rotatable bonds is 6. The zero-order valence-electron chi connectivity index (χ0n) is 15.4. The summed E-state index contributed by atoms with van der Waals surface area (Å²) in [6, 6.07) is 13.7. The summed E-state index contributed by atoms with van der Waals surface area (Å²) >= 11 is 0. The van der Waals surface area contributed by atoms with Crippen LogP contribution in [0.3, 0.4) is 0 Å². The van der Waals surface area contributed by atoms with E-state index in [2.05, 4.69) is 22.0 Å². The predicted molar refractivity (Wildman–Crippen MR) is 104 cm³/mol. The molecular formula is C21H27N3O2. The normalized spacial score (nSPS) is 18.0. The fourth-order valence-electron chi connectivity index (χ4n) is 3.36. The van der Waals surface area contributed by atoms with Crippen LogP contribution in [-0.4, -0.2) is 37.0 Å². The van der Waals surface area contributed by atoms with Gasteiger partial charge in [0.15, 0.2) is 0 Å². The first kappa shape index (κ1) is 18.4. The third-order valence-electron chi connectivity index (χ3n) is 4.85. The van der Waals surface area contributed by atoms with Crippen LogP contribution in [0, 0.1) is 5.92 Å². The van der Waals surface area contributed by atoms with Crippen molar-refractivity contribution in [3.05, 3.63) is 48.0 Å². The second-order valence-corrected chi connectivity index (χ2v) is 7.35. The fourth-order valence-corrected chi connectivity index (χ4v) is 3.36. The highest BCUT2D eigenvalue weighted by atomic mass is 16.2. The topological polar surface area (TPSA) is 70.2 Å². The monoisotopic (exact) mass is 353 g/mol. The van der Waals surface area contributed by atoms with Crippen LogP contribution in [0.1, 0.15) is 25.8 Å². The molecular weight excluding hydrogens is 326 g/mol. The molecule has 3 rings (SSSR count). The van der Waals surface area contributed by atoms with Gasteiger partial charge in [0, 0.05) is 12.6 Å².